The van der Waals surface area contributed by atoms with Gasteiger partial charge in [-0.05, 0) is 25.7 Å². The first-order chi connectivity index (χ1) is 10.0. The van der Waals surface area contributed by atoms with Crippen LogP contribution in [0, 0.1) is 0 Å². The molecule has 120 valence electrons. The highest BCUT2D eigenvalue weighted by Gasteiger charge is 2.36. The number of likely N-dealkylation sites (tertiary alicyclic amines) is 1. The van der Waals surface area contributed by atoms with Gasteiger partial charge in [0.25, 0.3) is 0 Å². The van der Waals surface area contributed by atoms with Gasteiger partial charge in [-0.2, -0.15) is 0 Å². The molecule has 2 rings (SSSR count). The monoisotopic (exact) mass is 296 g/mol. The zero-order valence-electron chi connectivity index (χ0n) is 13.0. The van der Waals surface area contributed by atoms with Crippen LogP contribution in [0.5, 0.6) is 0 Å². The van der Waals surface area contributed by atoms with Gasteiger partial charge in [-0.3, -0.25) is 14.5 Å². The van der Waals surface area contributed by atoms with Crippen molar-refractivity contribution in [3.05, 3.63) is 0 Å². The van der Waals surface area contributed by atoms with Crippen LogP contribution in [0.25, 0.3) is 0 Å². The zero-order chi connectivity index (χ0) is 15.3. The van der Waals surface area contributed by atoms with E-state index in [-0.39, 0.29) is 17.9 Å². The lowest BCUT2D eigenvalue weighted by atomic mass is 9.81. The molecule has 21 heavy (non-hydrogen) atoms. The molecule has 0 atom stereocenters. The fourth-order valence-electron chi connectivity index (χ4n) is 3.26. The van der Waals surface area contributed by atoms with Crippen LogP contribution in [-0.4, -0.2) is 55.0 Å². The molecule has 0 unspecified atom stereocenters. The quantitative estimate of drug-likeness (QED) is 0.680. The summed E-state index contributed by atoms with van der Waals surface area (Å²) in [7, 11) is 1.65. The van der Waals surface area contributed by atoms with Crippen molar-refractivity contribution in [3.63, 3.8) is 0 Å². The first-order valence-electron chi connectivity index (χ1n) is 8.06. The molecule has 2 aliphatic rings. The maximum absolute atomic E-state index is 12.4. The van der Waals surface area contributed by atoms with E-state index in [2.05, 4.69) is 15.5 Å². The number of hydrogen-bond acceptors (Lipinski definition) is 4. The molecule has 4 N–H and O–H groups in total. The van der Waals surface area contributed by atoms with Crippen LogP contribution in [-0.2, 0) is 9.59 Å². The van der Waals surface area contributed by atoms with Crippen LogP contribution in [0.4, 0.5) is 0 Å². The summed E-state index contributed by atoms with van der Waals surface area (Å²) in [5, 5.41) is 5.76. The number of carbonyl (C=O) groups excluding carboxylic acids is 2. The van der Waals surface area contributed by atoms with Gasteiger partial charge >= 0.3 is 0 Å². The maximum Gasteiger partial charge on any atom is 0.240 e. The number of nitrogens with two attached hydrogens (primary N) is 1. The Labute approximate surface area is 126 Å². The van der Waals surface area contributed by atoms with Crippen LogP contribution in [0.15, 0.2) is 0 Å². The van der Waals surface area contributed by atoms with Gasteiger partial charge in [-0.25, -0.2) is 0 Å². The van der Waals surface area contributed by atoms with E-state index in [4.69, 9.17) is 5.73 Å². The third kappa shape index (κ3) is 4.41. The van der Waals surface area contributed by atoms with E-state index in [9.17, 15) is 9.59 Å². The van der Waals surface area contributed by atoms with E-state index in [1.807, 2.05) is 0 Å². The van der Waals surface area contributed by atoms with Crippen molar-refractivity contribution in [2.45, 2.75) is 56.5 Å². The van der Waals surface area contributed by atoms with E-state index in [1.54, 1.807) is 7.05 Å². The number of likely N-dealkylation sites (N-methyl/N-ethyl adjacent to an activating group) is 1. The summed E-state index contributed by atoms with van der Waals surface area (Å²) in [5.74, 6) is 0.0625. The van der Waals surface area contributed by atoms with E-state index >= 15 is 0 Å². The normalized spacial score (nSPS) is 23.5. The molecule has 1 saturated heterocycles. The van der Waals surface area contributed by atoms with Crippen LogP contribution in [0.1, 0.15) is 44.9 Å². The smallest absolute Gasteiger partial charge is 0.240 e. The fraction of sp³-hybridized carbons (Fsp3) is 0.867. The number of piperidine rings is 1. The highest BCUT2D eigenvalue weighted by atomic mass is 16.2. The lowest BCUT2D eigenvalue weighted by molar-refractivity contribution is -0.129. The first-order valence-corrected chi connectivity index (χ1v) is 8.06. The Bertz CT molecular complexity index is 372. The Kier molecular flexibility index (Phi) is 5.58. The maximum atomic E-state index is 12.4. The van der Waals surface area contributed by atoms with Crippen LogP contribution < -0.4 is 16.4 Å². The largest absolute Gasteiger partial charge is 0.358 e. The molecule has 2 amide bonds. The predicted octanol–water partition coefficient (Wildman–Crippen LogP) is -0.0254. The minimum absolute atomic E-state index is 0.0203. The molecule has 6 heteroatoms. The number of rotatable bonds is 4. The Morgan fingerprint density at radius 1 is 1.19 bits per heavy atom. The third-order valence-corrected chi connectivity index (χ3v) is 4.77. The predicted molar refractivity (Wildman–Crippen MR) is 81.7 cm³/mol. The Balaban J connectivity index is 1.75. The Morgan fingerprint density at radius 3 is 2.38 bits per heavy atom. The van der Waals surface area contributed by atoms with Gasteiger partial charge in [0, 0.05) is 26.2 Å². The molecule has 0 radical (unpaired) electrons. The number of carbonyl (C=O) groups is 2. The van der Waals surface area contributed by atoms with Gasteiger partial charge in [0.15, 0.2) is 0 Å². The third-order valence-electron chi connectivity index (χ3n) is 4.77. The molecular formula is C15H28N4O2. The molecule has 1 aliphatic carbocycles. The Morgan fingerprint density at radius 2 is 1.81 bits per heavy atom. The fourth-order valence-corrected chi connectivity index (χ4v) is 3.26. The van der Waals surface area contributed by atoms with Crippen molar-refractivity contribution >= 4 is 11.8 Å². The van der Waals surface area contributed by atoms with Crippen molar-refractivity contribution in [1.82, 2.24) is 15.5 Å². The molecule has 0 bridgehead atoms. The highest BCUT2D eigenvalue weighted by molar-refractivity contribution is 5.86. The van der Waals surface area contributed by atoms with E-state index in [1.165, 1.54) is 6.42 Å². The second kappa shape index (κ2) is 7.22. The summed E-state index contributed by atoms with van der Waals surface area (Å²) in [6.07, 6.45) is 6.66. The van der Waals surface area contributed by atoms with E-state index in [0.717, 1.165) is 51.6 Å². The van der Waals surface area contributed by atoms with Crippen LogP contribution in [0.3, 0.4) is 0 Å². The number of nitrogens with zero attached hydrogens (tertiary/aromatic N) is 1. The standard InChI is InChI=1S/C15H28N4O2/c1-17-13(20)11-19-9-5-12(6-10-19)18-14(21)15(16)7-3-2-4-8-15/h12H,2-11,16H2,1H3,(H,17,20)(H,18,21). The summed E-state index contributed by atoms with van der Waals surface area (Å²) >= 11 is 0. The first kappa shape index (κ1) is 16.2. The molecule has 1 heterocycles. The summed E-state index contributed by atoms with van der Waals surface area (Å²) in [6, 6.07) is 0.195. The lowest BCUT2D eigenvalue weighted by Gasteiger charge is -2.36. The highest BCUT2D eigenvalue weighted by Crippen LogP contribution is 2.26. The number of amides is 2. The average Bonchev–Trinajstić information content (AvgIpc) is 2.50. The summed E-state index contributed by atoms with van der Waals surface area (Å²) in [6.45, 7) is 2.13. The molecule has 1 saturated carbocycles. The molecule has 0 spiro atoms. The van der Waals surface area contributed by atoms with Crippen molar-refractivity contribution in [2.24, 2.45) is 5.73 Å². The van der Waals surface area contributed by atoms with Gasteiger partial charge in [-0.1, -0.05) is 19.3 Å². The second-order valence-electron chi connectivity index (χ2n) is 6.41. The SMILES string of the molecule is CNC(=O)CN1CCC(NC(=O)C2(N)CCCCC2)CC1. The topological polar surface area (TPSA) is 87.5 Å². The molecule has 0 aromatic heterocycles. The van der Waals surface area contributed by atoms with E-state index in [0.29, 0.717) is 6.54 Å². The minimum Gasteiger partial charge on any atom is -0.358 e. The van der Waals surface area contributed by atoms with Crippen molar-refractivity contribution in [2.75, 3.05) is 26.7 Å². The van der Waals surface area contributed by atoms with Crippen molar-refractivity contribution in [1.29, 1.82) is 0 Å². The van der Waals surface area contributed by atoms with Gasteiger partial charge in [-0.15, -0.1) is 0 Å². The molecule has 0 aromatic rings. The van der Waals surface area contributed by atoms with Crippen molar-refractivity contribution in [3.8, 4) is 0 Å². The number of hydrogen-bond donors (Lipinski definition) is 3. The van der Waals surface area contributed by atoms with Crippen LogP contribution in [0.2, 0.25) is 0 Å². The van der Waals surface area contributed by atoms with Crippen LogP contribution >= 0.6 is 0 Å². The van der Waals surface area contributed by atoms with Gasteiger partial charge < -0.3 is 16.4 Å². The van der Waals surface area contributed by atoms with Gasteiger partial charge in [0.05, 0.1) is 12.1 Å². The second-order valence-corrected chi connectivity index (χ2v) is 6.41. The summed E-state index contributed by atoms with van der Waals surface area (Å²) in [5.41, 5.74) is 5.60. The van der Waals surface area contributed by atoms with Gasteiger partial charge in [0.1, 0.15) is 0 Å². The molecule has 2 fully saturated rings. The molecular weight excluding hydrogens is 268 g/mol. The van der Waals surface area contributed by atoms with Crippen molar-refractivity contribution < 1.29 is 9.59 Å². The Hall–Kier alpha value is -1.14. The number of nitrogens with one attached hydrogen (secondary N) is 2. The van der Waals surface area contributed by atoms with E-state index < -0.39 is 5.54 Å². The molecule has 1 aliphatic heterocycles. The zero-order valence-corrected chi connectivity index (χ0v) is 13.0. The van der Waals surface area contributed by atoms with Gasteiger partial charge in [0.2, 0.25) is 11.8 Å². The molecule has 6 nitrogen and oxygen atoms in total. The summed E-state index contributed by atoms with van der Waals surface area (Å²) < 4.78 is 0. The summed E-state index contributed by atoms with van der Waals surface area (Å²) in [4.78, 5) is 25.9. The minimum atomic E-state index is -0.655. The average molecular weight is 296 g/mol. The molecule has 0 aromatic carbocycles. The lowest BCUT2D eigenvalue weighted by Crippen LogP contribution is -2.58.